The Labute approximate surface area is 208 Å². The number of aryl methyl sites for hydroxylation is 1. The number of aromatic nitrogens is 1. The molecule has 0 saturated heterocycles. The Morgan fingerprint density at radius 1 is 1.03 bits per heavy atom. The number of carbonyl (C=O) groups excluding carboxylic acids is 1. The van der Waals surface area contributed by atoms with Crippen LogP contribution < -0.4 is 10.6 Å². The van der Waals surface area contributed by atoms with Gasteiger partial charge in [0, 0.05) is 52.2 Å². The van der Waals surface area contributed by atoms with Crippen LogP contribution in [-0.2, 0) is 6.42 Å². The minimum absolute atomic E-state index is 0.0605. The number of phenols is 1. The van der Waals surface area contributed by atoms with Gasteiger partial charge in [-0.3, -0.25) is 4.79 Å². The van der Waals surface area contributed by atoms with E-state index in [1.807, 2.05) is 73.7 Å². The van der Waals surface area contributed by atoms with Crippen LogP contribution in [0.5, 0.6) is 5.75 Å². The summed E-state index contributed by atoms with van der Waals surface area (Å²) in [6.07, 6.45) is 2.24. The van der Waals surface area contributed by atoms with Gasteiger partial charge in [-0.1, -0.05) is 30.3 Å². The normalized spacial score (nSPS) is 12.5. The van der Waals surface area contributed by atoms with Gasteiger partial charge in [0.05, 0.1) is 5.69 Å². The van der Waals surface area contributed by atoms with Crippen LogP contribution in [0.15, 0.2) is 72.8 Å². The number of nitrogens with two attached hydrogens (primary N) is 1. The molecule has 0 saturated carbocycles. The maximum Gasteiger partial charge on any atom is 0.258 e. The number of nitrogen functional groups attached to an aromatic ring is 1. The topological polar surface area (TPSA) is 82.3 Å². The Hall–Kier alpha value is -3.96. The zero-order valence-electron chi connectivity index (χ0n) is 19.6. The van der Waals surface area contributed by atoms with E-state index < -0.39 is 0 Å². The number of alkyl halides is 1. The number of hydrogen-bond donors (Lipinski definition) is 3. The van der Waals surface area contributed by atoms with Gasteiger partial charge in [0.25, 0.3) is 5.91 Å². The fraction of sp³-hybridized carbons (Fsp3) is 0.138. The Balaban J connectivity index is 0.00000124. The second-order valence-corrected chi connectivity index (χ2v) is 8.71. The first-order chi connectivity index (χ1) is 17.0. The number of aromatic amines is 1. The predicted octanol–water partition coefficient (Wildman–Crippen LogP) is 6.64. The molecular weight excluding hydrogens is 458 g/mol. The highest BCUT2D eigenvalue weighted by Gasteiger charge is 2.29. The van der Waals surface area contributed by atoms with Crippen LogP contribution in [0.25, 0.3) is 32.9 Å². The number of fused-ring (bicyclic) bond motifs is 4. The molecule has 1 amide bonds. The molecule has 35 heavy (non-hydrogen) atoms. The van der Waals surface area contributed by atoms with Crippen molar-refractivity contribution in [2.75, 3.05) is 23.6 Å². The number of hydrogen-bond acceptors (Lipinski definition) is 3. The van der Waals surface area contributed by atoms with Crippen molar-refractivity contribution in [2.24, 2.45) is 0 Å². The van der Waals surface area contributed by atoms with Gasteiger partial charge in [0.2, 0.25) is 0 Å². The van der Waals surface area contributed by atoms with Crippen molar-refractivity contribution in [3.63, 3.8) is 0 Å². The SMILES string of the molecule is CCl.Cc1cccc2c(O)cc3c(c12)CCN3C(=O)c1ccc2[nH]c(-c3cccc(N)c3)cc2c1. The molecule has 0 spiro atoms. The van der Waals surface area contributed by atoms with Crippen LogP contribution in [0, 0.1) is 6.92 Å². The van der Waals surface area contributed by atoms with E-state index in [1.54, 1.807) is 11.0 Å². The number of rotatable bonds is 2. The molecule has 0 bridgehead atoms. The van der Waals surface area contributed by atoms with Crippen molar-refractivity contribution < 1.29 is 9.90 Å². The number of H-pyrrole nitrogens is 1. The van der Waals surface area contributed by atoms with Gasteiger partial charge in [-0.2, -0.15) is 0 Å². The van der Waals surface area contributed by atoms with Crippen molar-refractivity contribution in [2.45, 2.75) is 13.3 Å². The zero-order valence-corrected chi connectivity index (χ0v) is 20.4. The Morgan fingerprint density at radius 3 is 2.63 bits per heavy atom. The van der Waals surface area contributed by atoms with Crippen LogP contribution in [0.2, 0.25) is 0 Å². The van der Waals surface area contributed by atoms with Crippen LogP contribution in [0.3, 0.4) is 0 Å². The number of nitrogens with one attached hydrogen (secondary N) is 1. The summed E-state index contributed by atoms with van der Waals surface area (Å²) >= 11 is 4.64. The van der Waals surface area contributed by atoms with E-state index in [0.717, 1.165) is 56.2 Å². The highest BCUT2D eigenvalue weighted by atomic mass is 35.5. The third-order valence-corrected chi connectivity index (χ3v) is 6.62. The molecule has 1 aromatic heterocycles. The molecule has 0 fully saturated rings. The second kappa shape index (κ2) is 9.01. The number of anilines is 2. The van der Waals surface area contributed by atoms with Crippen LogP contribution in [-0.4, -0.2) is 28.9 Å². The van der Waals surface area contributed by atoms with E-state index in [9.17, 15) is 9.90 Å². The largest absolute Gasteiger partial charge is 0.507 e. The lowest BCUT2D eigenvalue weighted by atomic mass is 9.97. The van der Waals surface area contributed by atoms with Gasteiger partial charge in [-0.05, 0) is 71.8 Å². The average molecular weight is 484 g/mol. The van der Waals surface area contributed by atoms with E-state index >= 15 is 0 Å². The summed E-state index contributed by atoms with van der Waals surface area (Å²) in [4.78, 5) is 18.7. The van der Waals surface area contributed by atoms with Gasteiger partial charge in [0.1, 0.15) is 5.75 Å². The molecule has 1 aliphatic heterocycles. The molecule has 0 aliphatic carbocycles. The van der Waals surface area contributed by atoms with Crippen LogP contribution in [0.4, 0.5) is 11.4 Å². The molecule has 6 heteroatoms. The van der Waals surface area contributed by atoms with Crippen LogP contribution in [0.1, 0.15) is 21.5 Å². The van der Waals surface area contributed by atoms with E-state index in [0.29, 0.717) is 17.8 Å². The molecule has 5 aromatic rings. The van der Waals surface area contributed by atoms with Crippen molar-refractivity contribution in [3.8, 4) is 17.0 Å². The van der Waals surface area contributed by atoms with E-state index in [-0.39, 0.29) is 11.7 Å². The summed E-state index contributed by atoms with van der Waals surface area (Å²) in [6, 6.07) is 23.1. The summed E-state index contributed by atoms with van der Waals surface area (Å²) in [5.41, 5.74) is 13.2. The fourth-order valence-corrected chi connectivity index (χ4v) is 5.04. The monoisotopic (exact) mass is 483 g/mol. The molecule has 5 nitrogen and oxygen atoms in total. The third-order valence-electron chi connectivity index (χ3n) is 6.62. The van der Waals surface area contributed by atoms with Gasteiger partial charge < -0.3 is 20.7 Å². The number of amides is 1. The Morgan fingerprint density at radius 2 is 1.83 bits per heavy atom. The maximum absolute atomic E-state index is 13.5. The van der Waals surface area contributed by atoms with E-state index in [4.69, 9.17) is 5.73 Å². The van der Waals surface area contributed by atoms with E-state index in [2.05, 4.69) is 16.6 Å². The minimum atomic E-state index is -0.0605. The molecule has 0 atom stereocenters. The molecule has 0 unspecified atom stereocenters. The average Bonchev–Trinajstić information content (AvgIpc) is 3.49. The predicted molar refractivity (Wildman–Crippen MR) is 146 cm³/mol. The second-order valence-electron chi connectivity index (χ2n) is 8.71. The maximum atomic E-state index is 13.5. The lowest BCUT2D eigenvalue weighted by Gasteiger charge is -2.19. The number of nitrogens with zero attached hydrogens (tertiary/aromatic N) is 1. The van der Waals surface area contributed by atoms with Crippen molar-refractivity contribution in [3.05, 3.63) is 89.5 Å². The number of aromatic hydroxyl groups is 1. The number of benzene rings is 4. The highest BCUT2D eigenvalue weighted by molar-refractivity contribution is 6.15. The fourth-order valence-electron chi connectivity index (χ4n) is 5.04. The van der Waals surface area contributed by atoms with Gasteiger partial charge in [-0.25, -0.2) is 0 Å². The molecule has 0 radical (unpaired) electrons. The number of carbonyl (C=O) groups is 1. The number of halogens is 1. The highest BCUT2D eigenvalue weighted by Crippen LogP contribution is 2.41. The Bertz CT molecular complexity index is 1590. The summed E-state index contributed by atoms with van der Waals surface area (Å²) in [6.45, 7) is 2.64. The molecule has 4 aromatic carbocycles. The van der Waals surface area contributed by atoms with Crippen molar-refractivity contribution in [1.82, 2.24) is 4.98 Å². The van der Waals surface area contributed by atoms with Crippen LogP contribution >= 0.6 is 11.6 Å². The molecule has 6 rings (SSSR count). The summed E-state index contributed by atoms with van der Waals surface area (Å²) in [5, 5.41) is 13.5. The minimum Gasteiger partial charge on any atom is -0.507 e. The van der Waals surface area contributed by atoms with Crippen molar-refractivity contribution >= 4 is 50.6 Å². The summed E-state index contributed by atoms with van der Waals surface area (Å²) in [5.74, 6) is 0.148. The molecule has 176 valence electrons. The smallest absolute Gasteiger partial charge is 0.258 e. The molecule has 2 heterocycles. The molecule has 4 N–H and O–H groups in total. The quantitative estimate of drug-likeness (QED) is 0.194. The lowest BCUT2D eigenvalue weighted by Crippen LogP contribution is -2.28. The Kier molecular flexibility index (Phi) is 5.87. The van der Waals surface area contributed by atoms with Gasteiger partial charge in [0.15, 0.2) is 0 Å². The van der Waals surface area contributed by atoms with Crippen molar-refractivity contribution in [1.29, 1.82) is 0 Å². The van der Waals surface area contributed by atoms with Gasteiger partial charge in [-0.15, -0.1) is 11.6 Å². The van der Waals surface area contributed by atoms with E-state index in [1.165, 1.54) is 6.38 Å². The first-order valence-corrected chi connectivity index (χ1v) is 12.2. The standard InChI is InChI=1S/C28H23N3O2.CH3Cl/c1-16-4-2-7-22-26(32)15-25-21(27(16)22)10-11-31(25)28(33)18-8-9-23-19(12-18)14-24(30-23)17-5-3-6-20(29)13-17;1-2/h2-9,12-15,30,32H,10-11,29H2,1H3;1H3. The molecule has 1 aliphatic rings. The number of phenolic OH excluding ortho intramolecular Hbond substituents is 1. The zero-order chi connectivity index (χ0) is 24.7. The first kappa shape index (κ1) is 22.8. The lowest BCUT2D eigenvalue weighted by molar-refractivity contribution is 0.0989. The third kappa shape index (κ3) is 3.88. The molecular formula is C29H26ClN3O2. The first-order valence-electron chi connectivity index (χ1n) is 11.4. The summed E-state index contributed by atoms with van der Waals surface area (Å²) in [7, 11) is 0. The summed E-state index contributed by atoms with van der Waals surface area (Å²) < 4.78 is 0. The van der Waals surface area contributed by atoms with Gasteiger partial charge >= 0.3 is 0 Å².